The second kappa shape index (κ2) is 9.57. The zero-order valence-electron chi connectivity index (χ0n) is 17.9. The van der Waals surface area contributed by atoms with E-state index in [2.05, 4.69) is 10.6 Å². The maximum absolute atomic E-state index is 12.1. The molecule has 1 aromatic carbocycles. The zero-order chi connectivity index (χ0) is 22.7. The number of nitrogens with one attached hydrogen (secondary N) is 2. The second-order valence-electron chi connectivity index (χ2n) is 8.12. The highest BCUT2D eigenvalue weighted by Gasteiger charge is 2.36. The molecule has 2 aliphatic heterocycles. The third kappa shape index (κ3) is 5.29. The normalized spacial score (nSPS) is 19.5. The van der Waals surface area contributed by atoms with Gasteiger partial charge in [-0.1, -0.05) is 19.9 Å². The Kier molecular flexibility index (Phi) is 7.06. The molecule has 0 spiro atoms. The number of likely N-dealkylation sites (N-methyl/N-ethyl adjacent to an activating group) is 1. The Balaban J connectivity index is 1.57. The molecule has 0 radical (unpaired) electrons. The molecule has 1 saturated heterocycles. The molecule has 2 heterocycles. The molecular weight excluding hydrogens is 405 g/mol. The van der Waals surface area contributed by atoms with Crippen molar-refractivity contribution in [2.45, 2.75) is 32.2 Å². The molecule has 0 saturated carbocycles. The third-order valence-electron chi connectivity index (χ3n) is 5.60. The number of carbonyl (C=O) groups excluding carboxylic acids is 2. The van der Waals surface area contributed by atoms with Gasteiger partial charge in [-0.2, -0.15) is 0 Å². The average molecular weight is 433 g/mol. The topological polar surface area (TPSA) is 137 Å². The average Bonchev–Trinajstić information content (AvgIpc) is 2.68. The van der Waals surface area contributed by atoms with E-state index in [9.17, 15) is 24.5 Å². The smallest absolute Gasteiger partial charge is 0.523 e. The van der Waals surface area contributed by atoms with E-state index in [4.69, 9.17) is 9.39 Å². The van der Waals surface area contributed by atoms with E-state index in [1.807, 2.05) is 11.8 Å². The van der Waals surface area contributed by atoms with Gasteiger partial charge in [-0.25, -0.2) is 4.79 Å². The molecular formula is C20H28BN3O7. The van der Waals surface area contributed by atoms with Crippen LogP contribution in [-0.2, 0) is 9.59 Å². The summed E-state index contributed by atoms with van der Waals surface area (Å²) in [5.41, 5.74) is 0.658. The van der Waals surface area contributed by atoms with Crippen LogP contribution in [0.1, 0.15) is 35.7 Å². The van der Waals surface area contributed by atoms with E-state index in [-0.39, 0.29) is 53.4 Å². The first-order valence-corrected chi connectivity index (χ1v) is 10.3. The molecule has 11 heteroatoms. The number of carboxylic acid groups (broad SMARTS) is 1. The minimum absolute atomic E-state index is 0.0267. The Morgan fingerprint density at radius 1 is 1.35 bits per heavy atom. The molecule has 2 amide bonds. The number of hydrogen-bond acceptors (Lipinski definition) is 7. The minimum atomic E-state index is -1.18. The molecule has 0 bridgehead atoms. The lowest BCUT2D eigenvalue weighted by atomic mass is 9.72. The fourth-order valence-corrected chi connectivity index (χ4v) is 3.84. The molecule has 3 rings (SSSR count). The van der Waals surface area contributed by atoms with Crippen molar-refractivity contribution >= 4 is 24.9 Å². The van der Waals surface area contributed by atoms with E-state index in [0.717, 1.165) is 5.56 Å². The maximum Gasteiger partial charge on any atom is 0.523 e. The van der Waals surface area contributed by atoms with Gasteiger partial charge in [-0.3, -0.25) is 14.5 Å². The lowest BCUT2D eigenvalue weighted by molar-refractivity contribution is -0.129. The molecule has 2 atom stereocenters. The third-order valence-corrected chi connectivity index (χ3v) is 5.60. The Labute approximate surface area is 181 Å². The second-order valence-corrected chi connectivity index (χ2v) is 8.12. The van der Waals surface area contributed by atoms with Crippen molar-refractivity contribution in [3.63, 3.8) is 0 Å². The number of aromatic carboxylic acids is 1. The van der Waals surface area contributed by atoms with Gasteiger partial charge in [0.1, 0.15) is 23.2 Å². The van der Waals surface area contributed by atoms with Gasteiger partial charge in [-0.15, -0.1) is 0 Å². The van der Waals surface area contributed by atoms with Crippen LogP contribution in [0.5, 0.6) is 11.5 Å². The van der Waals surface area contributed by atoms with Gasteiger partial charge in [-0.05, 0) is 17.5 Å². The summed E-state index contributed by atoms with van der Waals surface area (Å²) in [7, 11) is 0.455. The van der Waals surface area contributed by atoms with Crippen LogP contribution in [-0.4, -0.2) is 79.3 Å². The van der Waals surface area contributed by atoms with Crippen LogP contribution in [0.2, 0.25) is 6.32 Å². The molecule has 0 aliphatic carbocycles. The first kappa shape index (κ1) is 22.9. The summed E-state index contributed by atoms with van der Waals surface area (Å²) in [5, 5.41) is 24.6. The monoisotopic (exact) mass is 433 g/mol. The van der Waals surface area contributed by atoms with Crippen molar-refractivity contribution in [2.75, 3.05) is 33.2 Å². The summed E-state index contributed by atoms with van der Waals surface area (Å²) in [5.74, 6) is -1.61. The highest BCUT2D eigenvalue weighted by molar-refractivity contribution is 6.44. The summed E-state index contributed by atoms with van der Waals surface area (Å²) in [6.45, 7) is 5.22. The molecule has 0 aromatic heterocycles. The number of carbonyl (C=O) groups is 3. The van der Waals surface area contributed by atoms with Gasteiger partial charge in [0, 0.05) is 38.9 Å². The van der Waals surface area contributed by atoms with Crippen LogP contribution in [0.3, 0.4) is 0 Å². The largest absolute Gasteiger partial charge is 0.535 e. The molecule has 0 unspecified atom stereocenters. The van der Waals surface area contributed by atoms with Gasteiger partial charge >= 0.3 is 13.1 Å². The Morgan fingerprint density at radius 3 is 2.71 bits per heavy atom. The Hall–Kier alpha value is -2.79. The number of nitrogens with zero attached hydrogens (tertiary/aromatic N) is 1. The number of hydrogen-bond donors (Lipinski definition) is 4. The summed E-state index contributed by atoms with van der Waals surface area (Å²) < 4.78 is 11.3. The number of carboxylic acids is 1. The number of fused-ring (bicyclic) bond motifs is 1. The van der Waals surface area contributed by atoms with Crippen LogP contribution in [0.4, 0.5) is 0 Å². The fourth-order valence-electron chi connectivity index (χ4n) is 3.84. The van der Waals surface area contributed by atoms with E-state index in [1.54, 1.807) is 19.1 Å². The number of likely N-dealkylation sites (tertiary alicyclic amines) is 1. The van der Waals surface area contributed by atoms with Crippen molar-refractivity contribution in [1.29, 1.82) is 0 Å². The molecule has 4 N–H and O–H groups in total. The van der Waals surface area contributed by atoms with Crippen molar-refractivity contribution in [2.24, 2.45) is 5.92 Å². The lowest BCUT2D eigenvalue weighted by Crippen LogP contribution is -2.56. The lowest BCUT2D eigenvalue weighted by Gasteiger charge is -2.40. The molecule has 2 aliphatic rings. The highest BCUT2D eigenvalue weighted by atomic mass is 16.5. The van der Waals surface area contributed by atoms with Crippen LogP contribution in [0.25, 0.3) is 0 Å². The molecule has 1 fully saturated rings. The number of ether oxygens (including phenoxy) is 1. The van der Waals surface area contributed by atoms with E-state index in [0.29, 0.717) is 26.0 Å². The van der Waals surface area contributed by atoms with Crippen LogP contribution in [0.15, 0.2) is 12.1 Å². The van der Waals surface area contributed by atoms with Crippen molar-refractivity contribution in [3.8, 4) is 11.5 Å². The van der Waals surface area contributed by atoms with E-state index < -0.39 is 13.1 Å². The van der Waals surface area contributed by atoms with E-state index >= 15 is 0 Å². The van der Waals surface area contributed by atoms with Crippen LogP contribution >= 0.6 is 0 Å². The molecule has 31 heavy (non-hydrogen) atoms. The number of amides is 2. The Morgan fingerprint density at radius 2 is 2.06 bits per heavy atom. The predicted molar refractivity (Wildman–Crippen MR) is 112 cm³/mol. The zero-order valence-corrected chi connectivity index (χ0v) is 17.9. The molecule has 168 valence electrons. The van der Waals surface area contributed by atoms with Crippen LogP contribution < -0.4 is 20.0 Å². The Bertz CT molecular complexity index is 859. The van der Waals surface area contributed by atoms with E-state index in [1.165, 1.54) is 7.05 Å². The first-order valence-electron chi connectivity index (χ1n) is 10.3. The van der Waals surface area contributed by atoms with Crippen molar-refractivity contribution in [3.05, 3.63) is 23.3 Å². The number of rotatable bonds is 8. The van der Waals surface area contributed by atoms with Gasteiger partial charge in [0.25, 0.3) is 0 Å². The summed E-state index contributed by atoms with van der Waals surface area (Å²) in [6.07, 6.45) is 0.182. The highest BCUT2D eigenvalue weighted by Crippen LogP contribution is 2.42. The molecule has 10 nitrogen and oxygen atoms in total. The first-order chi connectivity index (χ1) is 14.7. The number of benzene rings is 1. The van der Waals surface area contributed by atoms with Crippen molar-refractivity contribution in [1.82, 2.24) is 15.5 Å². The summed E-state index contributed by atoms with van der Waals surface area (Å²) in [6, 6.07) is 3.42. The SMILES string of the molecule is CNC(=O)CNC(=O)[C@@H](C)CN1CC(Oc2ccc3c(c2C(=O)O)OB(O)C[C@@H]3C)C1. The maximum atomic E-state index is 12.1. The van der Waals surface area contributed by atoms with Gasteiger partial charge in [0.05, 0.1) is 6.54 Å². The van der Waals surface area contributed by atoms with Gasteiger partial charge in [0.2, 0.25) is 11.8 Å². The van der Waals surface area contributed by atoms with Gasteiger partial charge < -0.3 is 30.2 Å². The van der Waals surface area contributed by atoms with Crippen molar-refractivity contribution < 1.29 is 33.9 Å². The summed E-state index contributed by atoms with van der Waals surface area (Å²) >= 11 is 0. The minimum Gasteiger partial charge on any atom is -0.535 e. The predicted octanol–water partition coefficient (Wildman–Crippen LogP) is -0.0775. The fraction of sp³-hybridized carbons (Fsp3) is 0.550. The standard InChI is InChI=1S/C20H28BN3O7/c1-11-6-21(29)31-18-14(11)4-5-15(17(18)20(27)28)30-13-9-24(10-13)8-12(2)19(26)23-7-16(25)22-3/h4-5,11-13,29H,6-10H2,1-3H3,(H,22,25)(H,23,26)(H,27,28)/t11-,12-/m0/s1. The quantitative estimate of drug-likeness (QED) is 0.418. The van der Waals surface area contributed by atoms with Crippen LogP contribution in [0, 0.1) is 5.92 Å². The van der Waals surface area contributed by atoms with Gasteiger partial charge in [0.15, 0.2) is 0 Å². The molecule has 1 aromatic rings. The summed E-state index contributed by atoms with van der Waals surface area (Å²) in [4.78, 5) is 37.2.